The van der Waals surface area contributed by atoms with E-state index in [1.54, 1.807) is 6.20 Å². The Hall–Kier alpha value is -3.68. The van der Waals surface area contributed by atoms with Gasteiger partial charge in [0.25, 0.3) is 0 Å². The van der Waals surface area contributed by atoms with Crippen molar-refractivity contribution in [3.63, 3.8) is 0 Å². The summed E-state index contributed by atoms with van der Waals surface area (Å²) in [6.07, 6.45) is 1.73. The van der Waals surface area contributed by atoms with E-state index in [1.807, 2.05) is 79.7 Å². The van der Waals surface area contributed by atoms with Crippen molar-refractivity contribution in [3.8, 4) is 28.6 Å². The molecule has 2 heterocycles. The van der Waals surface area contributed by atoms with Crippen molar-refractivity contribution in [2.45, 2.75) is 6.92 Å². The maximum atomic E-state index is 9.93. The van der Waals surface area contributed by atoms with Gasteiger partial charge in [0.2, 0.25) is 0 Å². The standard InChI is InChI=1S/C24H17ClN4/c1-16-5-11-19(12-6-16)28-24-21(15-26)20(17-7-9-18(25)10-8-17)14-23(29-24)22-4-2-3-13-27-22/h2-14H,1H3,(H,28,29). The van der Waals surface area contributed by atoms with Crippen molar-refractivity contribution >= 4 is 23.1 Å². The van der Waals surface area contributed by atoms with Crippen LogP contribution in [0.1, 0.15) is 11.1 Å². The zero-order valence-corrected chi connectivity index (χ0v) is 16.5. The maximum Gasteiger partial charge on any atom is 0.149 e. The number of nitrogens with zero attached hydrogens (tertiary/aromatic N) is 3. The number of halogens is 1. The summed E-state index contributed by atoms with van der Waals surface area (Å²) < 4.78 is 0. The van der Waals surface area contributed by atoms with Crippen LogP contribution in [0.25, 0.3) is 22.5 Å². The van der Waals surface area contributed by atoms with Gasteiger partial charge in [-0.25, -0.2) is 4.98 Å². The van der Waals surface area contributed by atoms with Gasteiger partial charge in [-0.05, 0) is 55.0 Å². The van der Waals surface area contributed by atoms with E-state index in [4.69, 9.17) is 16.6 Å². The molecule has 0 bridgehead atoms. The predicted octanol–water partition coefficient (Wildman–Crippen LogP) is 6.39. The van der Waals surface area contributed by atoms with E-state index in [1.165, 1.54) is 0 Å². The molecule has 4 nitrogen and oxygen atoms in total. The largest absolute Gasteiger partial charge is 0.339 e. The number of hydrogen-bond donors (Lipinski definition) is 1. The first-order valence-corrected chi connectivity index (χ1v) is 9.48. The zero-order valence-electron chi connectivity index (χ0n) is 15.7. The predicted molar refractivity (Wildman–Crippen MR) is 117 cm³/mol. The Labute approximate surface area is 174 Å². The molecule has 0 unspecified atom stereocenters. The molecule has 5 heteroatoms. The summed E-state index contributed by atoms with van der Waals surface area (Å²) in [7, 11) is 0. The summed E-state index contributed by atoms with van der Waals surface area (Å²) in [4.78, 5) is 9.13. The highest BCUT2D eigenvalue weighted by atomic mass is 35.5. The number of nitrogens with one attached hydrogen (secondary N) is 1. The lowest BCUT2D eigenvalue weighted by atomic mass is 9.99. The first-order chi connectivity index (χ1) is 14.1. The Balaban J connectivity index is 1.90. The first kappa shape index (κ1) is 18.7. The molecule has 2 aromatic carbocycles. The number of anilines is 2. The van der Waals surface area contributed by atoms with Crippen LogP contribution >= 0.6 is 11.6 Å². The third-order valence-electron chi connectivity index (χ3n) is 4.53. The fourth-order valence-corrected chi connectivity index (χ4v) is 3.15. The molecule has 4 aromatic rings. The van der Waals surface area contributed by atoms with E-state index in [9.17, 15) is 5.26 Å². The van der Waals surface area contributed by atoms with Crippen molar-refractivity contribution in [1.29, 1.82) is 5.26 Å². The molecule has 4 rings (SSSR count). The minimum Gasteiger partial charge on any atom is -0.339 e. The number of aryl methyl sites for hydroxylation is 1. The van der Waals surface area contributed by atoms with Crippen LogP contribution in [0, 0.1) is 18.3 Å². The summed E-state index contributed by atoms with van der Waals surface area (Å²) in [5, 5.41) is 13.9. The van der Waals surface area contributed by atoms with Gasteiger partial charge in [-0.2, -0.15) is 5.26 Å². The molecular weight excluding hydrogens is 380 g/mol. The molecule has 0 aliphatic carbocycles. The highest BCUT2D eigenvalue weighted by Gasteiger charge is 2.16. The molecule has 0 aliphatic heterocycles. The van der Waals surface area contributed by atoms with Crippen LogP contribution in [0.3, 0.4) is 0 Å². The molecule has 29 heavy (non-hydrogen) atoms. The van der Waals surface area contributed by atoms with Crippen molar-refractivity contribution in [1.82, 2.24) is 9.97 Å². The smallest absolute Gasteiger partial charge is 0.149 e. The van der Waals surface area contributed by atoms with Crippen LogP contribution in [0.4, 0.5) is 11.5 Å². The van der Waals surface area contributed by atoms with Crippen molar-refractivity contribution in [2.24, 2.45) is 0 Å². The molecule has 0 spiro atoms. The fourth-order valence-electron chi connectivity index (χ4n) is 3.02. The van der Waals surface area contributed by atoms with E-state index in [2.05, 4.69) is 16.4 Å². The first-order valence-electron chi connectivity index (χ1n) is 9.10. The van der Waals surface area contributed by atoms with Gasteiger partial charge in [-0.1, -0.05) is 47.5 Å². The number of nitriles is 1. The quantitative estimate of drug-likeness (QED) is 0.434. The summed E-state index contributed by atoms with van der Waals surface area (Å²) in [6, 6.07) is 25.2. The minimum absolute atomic E-state index is 0.465. The van der Waals surface area contributed by atoms with Gasteiger partial charge in [0.05, 0.1) is 11.4 Å². The highest BCUT2D eigenvalue weighted by Crippen LogP contribution is 2.33. The third-order valence-corrected chi connectivity index (χ3v) is 4.78. The Morgan fingerprint density at radius 1 is 0.931 bits per heavy atom. The number of hydrogen-bond acceptors (Lipinski definition) is 4. The second-order valence-corrected chi connectivity index (χ2v) is 7.04. The van der Waals surface area contributed by atoms with E-state index in [-0.39, 0.29) is 0 Å². The third kappa shape index (κ3) is 4.11. The van der Waals surface area contributed by atoms with Crippen LogP contribution in [0.15, 0.2) is 79.0 Å². The molecule has 0 atom stereocenters. The summed E-state index contributed by atoms with van der Waals surface area (Å²) in [5.74, 6) is 0.490. The molecule has 1 N–H and O–H groups in total. The summed E-state index contributed by atoms with van der Waals surface area (Å²) in [6.45, 7) is 2.03. The molecule has 0 fully saturated rings. The van der Waals surface area contributed by atoms with Gasteiger partial charge in [0.15, 0.2) is 0 Å². The van der Waals surface area contributed by atoms with E-state index >= 15 is 0 Å². The number of rotatable bonds is 4. The van der Waals surface area contributed by atoms with Gasteiger partial charge < -0.3 is 5.32 Å². The lowest BCUT2D eigenvalue weighted by Crippen LogP contribution is -2.01. The monoisotopic (exact) mass is 396 g/mol. The lowest BCUT2D eigenvalue weighted by molar-refractivity contribution is 1.23. The molecule has 0 saturated heterocycles. The van der Waals surface area contributed by atoms with Gasteiger partial charge in [0.1, 0.15) is 17.5 Å². The summed E-state index contributed by atoms with van der Waals surface area (Å²) >= 11 is 6.05. The summed E-state index contributed by atoms with van der Waals surface area (Å²) in [5.41, 5.74) is 5.57. The second-order valence-electron chi connectivity index (χ2n) is 6.60. The van der Waals surface area contributed by atoms with Crippen LogP contribution in [-0.2, 0) is 0 Å². The minimum atomic E-state index is 0.465. The van der Waals surface area contributed by atoms with Gasteiger partial charge in [-0.3, -0.25) is 4.98 Å². The maximum absolute atomic E-state index is 9.93. The Kier molecular flexibility index (Phi) is 5.24. The molecule has 0 saturated carbocycles. The number of aromatic nitrogens is 2. The van der Waals surface area contributed by atoms with E-state index < -0.39 is 0 Å². The Bertz CT molecular complexity index is 1180. The van der Waals surface area contributed by atoms with Gasteiger partial charge in [0, 0.05) is 22.5 Å². The van der Waals surface area contributed by atoms with Crippen molar-refractivity contribution in [3.05, 3.63) is 95.1 Å². The molecule has 0 radical (unpaired) electrons. The molecule has 0 aliphatic rings. The molecule has 140 valence electrons. The molecule has 2 aromatic heterocycles. The normalized spacial score (nSPS) is 10.4. The van der Waals surface area contributed by atoms with Crippen LogP contribution in [-0.4, -0.2) is 9.97 Å². The lowest BCUT2D eigenvalue weighted by Gasteiger charge is -2.14. The SMILES string of the molecule is Cc1ccc(Nc2nc(-c3ccccn3)cc(-c3ccc(Cl)cc3)c2C#N)cc1. The Morgan fingerprint density at radius 2 is 1.69 bits per heavy atom. The van der Waals surface area contributed by atoms with Gasteiger partial charge >= 0.3 is 0 Å². The van der Waals surface area contributed by atoms with Crippen LogP contribution in [0.5, 0.6) is 0 Å². The highest BCUT2D eigenvalue weighted by molar-refractivity contribution is 6.30. The fraction of sp³-hybridized carbons (Fsp3) is 0.0417. The Morgan fingerprint density at radius 3 is 2.34 bits per heavy atom. The molecule has 0 amide bonds. The van der Waals surface area contributed by atoms with Gasteiger partial charge in [-0.15, -0.1) is 0 Å². The average molecular weight is 397 g/mol. The number of benzene rings is 2. The van der Waals surface area contributed by atoms with Crippen LogP contribution in [0.2, 0.25) is 5.02 Å². The zero-order chi connectivity index (χ0) is 20.2. The average Bonchev–Trinajstić information content (AvgIpc) is 2.76. The van der Waals surface area contributed by atoms with Crippen molar-refractivity contribution in [2.75, 3.05) is 5.32 Å². The van der Waals surface area contributed by atoms with Crippen molar-refractivity contribution < 1.29 is 0 Å². The van der Waals surface area contributed by atoms with Crippen LogP contribution < -0.4 is 5.32 Å². The van der Waals surface area contributed by atoms with E-state index in [0.717, 1.165) is 28.1 Å². The second kappa shape index (κ2) is 8.14. The molecular formula is C24H17ClN4. The van der Waals surface area contributed by atoms with E-state index in [0.29, 0.717) is 22.1 Å². The topological polar surface area (TPSA) is 61.6 Å². The number of pyridine rings is 2.